The van der Waals surface area contributed by atoms with Crippen molar-refractivity contribution in [1.29, 1.82) is 0 Å². The summed E-state index contributed by atoms with van der Waals surface area (Å²) in [5, 5.41) is 0. The molecule has 0 spiro atoms. The van der Waals surface area contributed by atoms with E-state index in [1.54, 1.807) is 6.08 Å². The van der Waals surface area contributed by atoms with Crippen molar-refractivity contribution >= 4 is 11.8 Å². The molecule has 4 N–H and O–H groups in total. The molecule has 0 amide bonds. The summed E-state index contributed by atoms with van der Waals surface area (Å²) in [7, 11) is 0. The van der Waals surface area contributed by atoms with Gasteiger partial charge in [0.05, 0.1) is 17.1 Å². The molecule has 1 heterocycles. The summed E-state index contributed by atoms with van der Waals surface area (Å²) >= 11 is 0. The van der Waals surface area contributed by atoms with Gasteiger partial charge >= 0.3 is 0 Å². The first-order valence-electron chi connectivity index (χ1n) is 3.21. The minimum Gasteiger partial charge on any atom is -0.405 e. The zero-order chi connectivity index (χ0) is 8.27. The SMILES string of the molecule is Cc1ncnc(/C=C\N)c1N. The topological polar surface area (TPSA) is 77.8 Å². The van der Waals surface area contributed by atoms with Crippen LogP contribution < -0.4 is 11.5 Å². The van der Waals surface area contributed by atoms with Crippen LogP contribution in [-0.4, -0.2) is 9.97 Å². The maximum Gasteiger partial charge on any atom is 0.116 e. The average molecular weight is 150 g/mol. The predicted octanol–water partition coefficient (Wildman–Crippen LogP) is 0.297. The van der Waals surface area contributed by atoms with Crippen molar-refractivity contribution in [3.05, 3.63) is 23.9 Å². The summed E-state index contributed by atoms with van der Waals surface area (Å²) in [6.07, 6.45) is 4.50. The summed E-state index contributed by atoms with van der Waals surface area (Å²) < 4.78 is 0. The molecule has 1 aromatic rings. The third-order valence-corrected chi connectivity index (χ3v) is 1.37. The van der Waals surface area contributed by atoms with E-state index in [1.807, 2.05) is 6.92 Å². The van der Waals surface area contributed by atoms with Gasteiger partial charge in [-0.05, 0) is 19.2 Å². The Bertz CT molecular complexity index is 280. The molecule has 0 saturated carbocycles. The van der Waals surface area contributed by atoms with E-state index in [0.29, 0.717) is 11.4 Å². The number of nitrogens with two attached hydrogens (primary N) is 2. The number of aromatic nitrogens is 2. The van der Waals surface area contributed by atoms with E-state index in [0.717, 1.165) is 5.69 Å². The number of anilines is 1. The summed E-state index contributed by atoms with van der Waals surface area (Å²) in [4.78, 5) is 7.84. The third-order valence-electron chi connectivity index (χ3n) is 1.37. The van der Waals surface area contributed by atoms with Crippen LogP contribution in [0.4, 0.5) is 5.69 Å². The highest BCUT2D eigenvalue weighted by Gasteiger charge is 1.98. The normalized spacial score (nSPS) is 10.6. The molecule has 0 bridgehead atoms. The molecule has 0 aromatic carbocycles. The highest BCUT2D eigenvalue weighted by atomic mass is 14.9. The molecule has 58 valence electrons. The molecule has 0 aliphatic heterocycles. The van der Waals surface area contributed by atoms with E-state index in [2.05, 4.69) is 9.97 Å². The molecule has 0 atom stereocenters. The standard InChI is InChI=1S/C7H10N4/c1-5-7(9)6(2-3-8)11-4-10-5/h2-4H,8-9H2,1H3/b3-2-. The Morgan fingerprint density at radius 2 is 2.18 bits per heavy atom. The molecule has 1 rings (SSSR count). The van der Waals surface area contributed by atoms with Crippen LogP contribution >= 0.6 is 0 Å². The maximum atomic E-state index is 5.64. The van der Waals surface area contributed by atoms with Gasteiger partial charge in [-0.2, -0.15) is 0 Å². The highest BCUT2D eigenvalue weighted by Crippen LogP contribution is 2.11. The molecule has 0 unspecified atom stereocenters. The van der Waals surface area contributed by atoms with Gasteiger partial charge in [-0.3, -0.25) is 0 Å². The lowest BCUT2D eigenvalue weighted by Gasteiger charge is -2.00. The van der Waals surface area contributed by atoms with E-state index >= 15 is 0 Å². The van der Waals surface area contributed by atoms with Crippen molar-refractivity contribution in [2.45, 2.75) is 6.92 Å². The largest absolute Gasteiger partial charge is 0.405 e. The fourth-order valence-electron chi connectivity index (χ4n) is 0.726. The van der Waals surface area contributed by atoms with Crippen LogP contribution in [0.25, 0.3) is 6.08 Å². The first kappa shape index (κ1) is 7.53. The Labute approximate surface area is 65.0 Å². The lowest BCUT2D eigenvalue weighted by molar-refractivity contribution is 1.10. The second-order valence-electron chi connectivity index (χ2n) is 2.12. The van der Waals surface area contributed by atoms with Crippen molar-refractivity contribution in [3.63, 3.8) is 0 Å². The Morgan fingerprint density at radius 1 is 1.45 bits per heavy atom. The molecule has 0 saturated heterocycles. The first-order valence-corrected chi connectivity index (χ1v) is 3.21. The van der Waals surface area contributed by atoms with E-state index in [-0.39, 0.29) is 0 Å². The molecule has 4 heteroatoms. The smallest absolute Gasteiger partial charge is 0.116 e. The lowest BCUT2D eigenvalue weighted by Crippen LogP contribution is -1.98. The second kappa shape index (κ2) is 3.01. The predicted molar refractivity (Wildman–Crippen MR) is 44.4 cm³/mol. The Morgan fingerprint density at radius 3 is 2.82 bits per heavy atom. The molecule has 1 aromatic heterocycles. The first-order chi connectivity index (χ1) is 5.25. The maximum absolute atomic E-state index is 5.64. The van der Waals surface area contributed by atoms with Gasteiger partial charge in [-0.25, -0.2) is 9.97 Å². The summed E-state index contributed by atoms with van der Waals surface area (Å²) in [6, 6.07) is 0. The van der Waals surface area contributed by atoms with Gasteiger partial charge in [0.2, 0.25) is 0 Å². The average Bonchev–Trinajstić information content (AvgIpc) is 1.99. The highest BCUT2D eigenvalue weighted by molar-refractivity contribution is 5.61. The fraction of sp³-hybridized carbons (Fsp3) is 0.143. The van der Waals surface area contributed by atoms with Crippen LogP contribution in [0.2, 0.25) is 0 Å². The molecular formula is C7H10N4. The van der Waals surface area contributed by atoms with E-state index < -0.39 is 0 Å². The van der Waals surface area contributed by atoms with Crippen molar-refractivity contribution < 1.29 is 0 Å². The number of nitrogen functional groups attached to an aromatic ring is 1. The number of rotatable bonds is 1. The van der Waals surface area contributed by atoms with Crippen LogP contribution in [0.5, 0.6) is 0 Å². The minimum atomic E-state index is 0.578. The summed E-state index contributed by atoms with van der Waals surface area (Å²) in [5.74, 6) is 0. The van der Waals surface area contributed by atoms with E-state index in [1.165, 1.54) is 12.5 Å². The molecule has 0 fully saturated rings. The Balaban J connectivity index is 3.16. The van der Waals surface area contributed by atoms with Crippen molar-refractivity contribution in [2.24, 2.45) is 5.73 Å². The van der Waals surface area contributed by atoms with Crippen LogP contribution in [0.1, 0.15) is 11.4 Å². The quantitative estimate of drug-likeness (QED) is 0.603. The lowest BCUT2D eigenvalue weighted by atomic mass is 10.3. The minimum absolute atomic E-state index is 0.578. The zero-order valence-corrected chi connectivity index (χ0v) is 6.28. The number of aryl methyl sites for hydroxylation is 1. The molecular weight excluding hydrogens is 140 g/mol. The molecule has 4 nitrogen and oxygen atoms in total. The molecule has 0 aliphatic rings. The van der Waals surface area contributed by atoms with Gasteiger partial charge in [0, 0.05) is 0 Å². The van der Waals surface area contributed by atoms with E-state index in [4.69, 9.17) is 11.5 Å². The Kier molecular flexibility index (Phi) is 2.06. The van der Waals surface area contributed by atoms with E-state index in [9.17, 15) is 0 Å². The monoisotopic (exact) mass is 150 g/mol. The van der Waals surface area contributed by atoms with Crippen LogP contribution in [0, 0.1) is 6.92 Å². The summed E-state index contributed by atoms with van der Waals surface area (Å²) in [5.41, 5.74) is 12.8. The number of hydrogen-bond donors (Lipinski definition) is 2. The molecule has 0 radical (unpaired) electrons. The molecule has 11 heavy (non-hydrogen) atoms. The zero-order valence-electron chi connectivity index (χ0n) is 6.28. The summed E-state index contributed by atoms with van der Waals surface area (Å²) in [6.45, 7) is 1.82. The second-order valence-corrected chi connectivity index (χ2v) is 2.12. The van der Waals surface area contributed by atoms with Gasteiger partial charge in [0.25, 0.3) is 0 Å². The van der Waals surface area contributed by atoms with Gasteiger partial charge in [0.1, 0.15) is 6.33 Å². The van der Waals surface area contributed by atoms with Crippen LogP contribution in [0.15, 0.2) is 12.5 Å². The van der Waals surface area contributed by atoms with Crippen LogP contribution in [-0.2, 0) is 0 Å². The van der Waals surface area contributed by atoms with Gasteiger partial charge in [0.15, 0.2) is 0 Å². The van der Waals surface area contributed by atoms with Crippen molar-refractivity contribution in [2.75, 3.05) is 5.73 Å². The third kappa shape index (κ3) is 1.46. The molecule has 0 aliphatic carbocycles. The number of nitrogens with zero attached hydrogens (tertiary/aromatic N) is 2. The fourth-order valence-corrected chi connectivity index (χ4v) is 0.726. The Hall–Kier alpha value is -1.58. The van der Waals surface area contributed by atoms with Crippen LogP contribution in [0.3, 0.4) is 0 Å². The van der Waals surface area contributed by atoms with Gasteiger partial charge in [-0.15, -0.1) is 0 Å². The van der Waals surface area contributed by atoms with Crippen molar-refractivity contribution in [1.82, 2.24) is 9.97 Å². The van der Waals surface area contributed by atoms with Gasteiger partial charge in [-0.1, -0.05) is 0 Å². The van der Waals surface area contributed by atoms with Gasteiger partial charge < -0.3 is 11.5 Å². The van der Waals surface area contributed by atoms with Crippen molar-refractivity contribution in [3.8, 4) is 0 Å². The number of hydrogen-bond acceptors (Lipinski definition) is 4.